The van der Waals surface area contributed by atoms with Gasteiger partial charge in [-0.05, 0) is 41.5 Å². The molecule has 4 rings (SSSR count). The smallest absolute Gasteiger partial charge is 0.251 e. The maximum atomic E-state index is 12.4. The highest BCUT2D eigenvalue weighted by molar-refractivity contribution is 5.94. The molecule has 7 heteroatoms. The van der Waals surface area contributed by atoms with E-state index in [0.717, 1.165) is 22.4 Å². The van der Waals surface area contributed by atoms with Crippen molar-refractivity contribution in [1.29, 1.82) is 0 Å². The van der Waals surface area contributed by atoms with E-state index in [1.807, 2.05) is 60.7 Å². The van der Waals surface area contributed by atoms with E-state index in [-0.39, 0.29) is 5.91 Å². The van der Waals surface area contributed by atoms with Crippen LogP contribution in [-0.4, -0.2) is 25.7 Å². The number of ether oxygens (including phenoxy) is 1. The highest BCUT2D eigenvalue weighted by Gasteiger charge is 2.06. The van der Waals surface area contributed by atoms with Crippen molar-refractivity contribution in [2.45, 2.75) is 19.7 Å². The van der Waals surface area contributed by atoms with Crippen molar-refractivity contribution in [3.8, 4) is 5.75 Å². The molecule has 0 unspecified atom stereocenters. The zero-order valence-electron chi connectivity index (χ0n) is 16.3. The largest absolute Gasteiger partial charge is 0.489 e. The molecule has 0 aliphatic rings. The second-order valence-corrected chi connectivity index (χ2v) is 6.77. The van der Waals surface area contributed by atoms with E-state index in [4.69, 9.17) is 4.74 Å². The number of aromatic nitrogens is 4. The topological polar surface area (TPSA) is 81.9 Å². The molecule has 0 bridgehead atoms. The highest BCUT2D eigenvalue weighted by atomic mass is 16.5. The Kier molecular flexibility index (Phi) is 6.10. The molecule has 0 atom stereocenters. The summed E-state index contributed by atoms with van der Waals surface area (Å²) in [6.45, 7) is 1.54. The number of amides is 1. The van der Waals surface area contributed by atoms with E-state index in [0.29, 0.717) is 25.3 Å². The first-order valence-electron chi connectivity index (χ1n) is 9.56. The lowest BCUT2D eigenvalue weighted by molar-refractivity contribution is 0.0951. The van der Waals surface area contributed by atoms with E-state index in [1.165, 1.54) is 6.33 Å². The molecule has 0 aliphatic heterocycles. The lowest BCUT2D eigenvalue weighted by Gasteiger charge is -2.09. The van der Waals surface area contributed by atoms with Gasteiger partial charge in [-0.25, -0.2) is 9.67 Å². The second kappa shape index (κ2) is 9.47. The Morgan fingerprint density at radius 3 is 2.43 bits per heavy atom. The van der Waals surface area contributed by atoms with Crippen LogP contribution in [0.5, 0.6) is 5.75 Å². The standard InChI is InChI=1S/C23H21N5O2/c29-23(21-7-3-19(4-8-21)14-28-17-25-16-27-28)26-13-18-5-9-22(10-6-18)30-15-20-2-1-11-24-12-20/h1-12,16-17H,13-15H2,(H,26,29). The van der Waals surface area contributed by atoms with Crippen LogP contribution in [0.4, 0.5) is 0 Å². The normalized spacial score (nSPS) is 10.5. The van der Waals surface area contributed by atoms with Gasteiger partial charge in [-0.2, -0.15) is 5.10 Å². The molecule has 1 N–H and O–H groups in total. The average Bonchev–Trinajstić information content (AvgIpc) is 3.31. The molecule has 0 saturated heterocycles. The number of nitrogens with one attached hydrogen (secondary N) is 1. The molecular weight excluding hydrogens is 378 g/mol. The van der Waals surface area contributed by atoms with Gasteiger partial charge in [0.25, 0.3) is 5.91 Å². The third-order valence-corrected chi connectivity index (χ3v) is 4.53. The van der Waals surface area contributed by atoms with Crippen LogP contribution in [-0.2, 0) is 19.7 Å². The summed E-state index contributed by atoms with van der Waals surface area (Å²) >= 11 is 0. The van der Waals surface area contributed by atoms with Gasteiger partial charge in [0.05, 0.1) is 6.54 Å². The third kappa shape index (κ3) is 5.29. The van der Waals surface area contributed by atoms with Crippen LogP contribution in [0.15, 0.2) is 85.7 Å². The number of rotatable bonds is 8. The van der Waals surface area contributed by atoms with Crippen LogP contribution in [0.3, 0.4) is 0 Å². The van der Waals surface area contributed by atoms with Gasteiger partial charge in [-0.15, -0.1) is 0 Å². The summed E-state index contributed by atoms with van der Waals surface area (Å²) in [7, 11) is 0. The molecule has 2 aromatic heterocycles. The zero-order valence-corrected chi connectivity index (χ0v) is 16.3. The fourth-order valence-electron chi connectivity index (χ4n) is 2.90. The molecule has 1 amide bonds. The summed E-state index contributed by atoms with van der Waals surface area (Å²) in [5.74, 6) is 0.663. The lowest BCUT2D eigenvalue weighted by Crippen LogP contribution is -2.22. The van der Waals surface area contributed by atoms with Gasteiger partial charge in [-0.3, -0.25) is 9.78 Å². The molecular formula is C23H21N5O2. The minimum atomic E-state index is -0.112. The Bertz CT molecular complexity index is 1060. The molecule has 0 aliphatic carbocycles. The molecule has 30 heavy (non-hydrogen) atoms. The zero-order chi connectivity index (χ0) is 20.6. The van der Waals surface area contributed by atoms with Crippen molar-refractivity contribution in [2.24, 2.45) is 0 Å². The van der Waals surface area contributed by atoms with Gasteiger partial charge in [0, 0.05) is 30.1 Å². The van der Waals surface area contributed by atoms with Crippen molar-refractivity contribution in [1.82, 2.24) is 25.1 Å². The van der Waals surface area contributed by atoms with Gasteiger partial charge < -0.3 is 10.1 Å². The maximum Gasteiger partial charge on any atom is 0.251 e. The van der Waals surface area contributed by atoms with Crippen LogP contribution < -0.4 is 10.1 Å². The monoisotopic (exact) mass is 399 g/mol. The number of carbonyl (C=O) groups excluding carboxylic acids is 1. The predicted molar refractivity (Wildman–Crippen MR) is 112 cm³/mol. The summed E-state index contributed by atoms with van der Waals surface area (Å²) in [5, 5.41) is 7.02. The predicted octanol–water partition coefficient (Wildman–Crippen LogP) is 3.23. The lowest BCUT2D eigenvalue weighted by atomic mass is 10.1. The maximum absolute atomic E-state index is 12.4. The molecule has 0 saturated carbocycles. The van der Waals surface area contributed by atoms with Crippen LogP contribution in [0.25, 0.3) is 0 Å². The Balaban J connectivity index is 1.26. The molecule has 2 aromatic carbocycles. The van der Waals surface area contributed by atoms with Gasteiger partial charge in [0.1, 0.15) is 25.0 Å². The van der Waals surface area contributed by atoms with Crippen LogP contribution >= 0.6 is 0 Å². The summed E-state index contributed by atoms with van der Waals surface area (Å²) in [4.78, 5) is 20.4. The summed E-state index contributed by atoms with van der Waals surface area (Å²) < 4.78 is 7.49. The summed E-state index contributed by atoms with van der Waals surface area (Å²) in [5.41, 5.74) is 3.69. The van der Waals surface area contributed by atoms with Crippen molar-refractivity contribution in [3.05, 3.63) is 108 Å². The Morgan fingerprint density at radius 2 is 1.73 bits per heavy atom. The van der Waals surface area contributed by atoms with E-state index >= 15 is 0 Å². The van der Waals surface area contributed by atoms with E-state index in [1.54, 1.807) is 23.4 Å². The second-order valence-electron chi connectivity index (χ2n) is 6.77. The fourth-order valence-corrected chi connectivity index (χ4v) is 2.90. The van der Waals surface area contributed by atoms with Gasteiger partial charge >= 0.3 is 0 Å². The minimum absolute atomic E-state index is 0.112. The Morgan fingerprint density at radius 1 is 0.933 bits per heavy atom. The average molecular weight is 399 g/mol. The molecule has 0 fully saturated rings. The number of carbonyl (C=O) groups is 1. The van der Waals surface area contributed by atoms with Gasteiger partial charge in [0.2, 0.25) is 0 Å². The van der Waals surface area contributed by atoms with E-state index < -0.39 is 0 Å². The van der Waals surface area contributed by atoms with Crippen molar-refractivity contribution < 1.29 is 9.53 Å². The first-order valence-corrected chi connectivity index (χ1v) is 9.56. The van der Waals surface area contributed by atoms with Crippen molar-refractivity contribution in [2.75, 3.05) is 0 Å². The van der Waals surface area contributed by atoms with Crippen molar-refractivity contribution in [3.63, 3.8) is 0 Å². The van der Waals surface area contributed by atoms with Gasteiger partial charge in [0.15, 0.2) is 0 Å². The summed E-state index contributed by atoms with van der Waals surface area (Å²) in [6.07, 6.45) is 6.68. The van der Waals surface area contributed by atoms with Crippen LogP contribution in [0, 0.1) is 0 Å². The SMILES string of the molecule is O=C(NCc1ccc(OCc2cccnc2)cc1)c1ccc(Cn2cncn2)cc1. The van der Waals surface area contributed by atoms with Gasteiger partial charge in [-0.1, -0.05) is 30.3 Å². The fraction of sp³-hybridized carbons (Fsp3) is 0.130. The Labute approximate surface area is 174 Å². The highest BCUT2D eigenvalue weighted by Crippen LogP contribution is 2.14. The minimum Gasteiger partial charge on any atom is -0.489 e. The van der Waals surface area contributed by atoms with E-state index in [2.05, 4.69) is 20.4 Å². The third-order valence-electron chi connectivity index (χ3n) is 4.53. The van der Waals surface area contributed by atoms with Crippen LogP contribution in [0.1, 0.15) is 27.0 Å². The first-order chi connectivity index (χ1) is 14.8. The molecule has 0 radical (unpaired) electrons. The first kappa shape index (κ1) is 19.3. The van der Waals surface area contributed by atoms with Crippen LogP contribution in [0.2, 0.25) is 0 Å². The quantitative estimate of drug-likeness (QED) is 0.492. The number of hydrogen-bond acceptors (Lipinski definition) is 5. The van der Waals surface area contributed by atoms with E-state index in [9.17, 15) is 4.79 Å². The number of pyridine rings is 1. The molecule has 150 valence electrons. The molecule has 7 nitrogen and oxygen atoms in total. The van der Waals surface area contributed by atoms with Crippen molar-refractivity contribution >= 4 is 5.91 Å². The number of nitrogens with zero attached hydrogens (tertiary/aromatic N) is 4. The molecule has 4 aromatic rings. The molecule has 2 heterocycles. The Hall–Kier alpha value is -4.00. The molecule has 0 spiro atoms. The number of benzene rings is 2. The summed E-state index contributed by atoms with van der Waals surface area (Å²) in [6, 6.07) is 19.0. The number of hydrogen-bond donors (Lipinski definition) is 1.